The highest BCUT2D eigenvalue weighted by Gasteiger charge is 2.12. The fourth-order valence-corrected chi connectivity index (χ4v) is 1.75. The molecule has 1 aromatic heterocycles. The van der Waals surface area contributed by atoms with Crippen LogP contribution in [0.1, 0.15) is 11.3 Å². The lowest BCUT2D eigenvalue weighted by atomic mass is 10.0. The second-order valence-electron chi connectivity index (χ2n) is 3.96. The summed E-state index contributed by atoms with van der Waals surface area (Å²) in [6.45, 7) is 0. The third kappa shape index (κ3) is 2.91. The Morgan fingerprint density at radius 1 is 1.12 bits per heavy atom. The molecule has 0 spiro atoms. The third-order valence-corrected chi connectivity index (χ3v) is 2.56. The number of hydrogen-bond acceptors (Lipinski definition) is 2. The van der Waals surface area contributed by atoms with Crippen LogP contribution < -0.4 is 5.73 Å². The van der Waals surface area contributed by atoms with Gasteiger partial charge in [-0.1, -0.05) is 12.1 Å². The molecule has 17 heavy (non-hydrogen) atoms. The monoisotopic (exact) mass is 237 g/mol. The van der Waals surface area contributed by atoms with Crippen LogP contribution >= 0.6 is 0 Å². The smallest absolute Gasteiger partial charge is 0.162 e. The largest absolute Gasteiger partial charge is 0.469 e. The van der Waals surface area contributed by atoms with E-state index in [0.29, 0.717) is 12.0 Å². The molecule has 4 heteroatoms. The molecular weight excluding hydrogens is 224 g/mol. The van der Waals surface area contributed by atoms with E-state index in [2.05, 4.69) is 0 Å². The zero-order valence-corrected chi connectivity index (χ0v) is 9.20. The summed E-state index contributed by atoms with van der Waals surface area (Å²) < 4.78 is 31.5. The molecule has 0 aliphatic carbocycles. The van der Waals surface area contributed by atoms with Gasteiger partial charge in [-0.3, -0.25) is 0 Å². The van der Waals surface area contributed by atoms with Crippen LogP contribution in [0.15, 0.2) is 41.0 Å². The molecule has 2 aromatic rings. The summed E-state index contributed by atoms with van der Waals surface area (Å²) in [5, 5.41) is 0. The highest BCUT2D eigenvalue weighted by molar-refractivity contribution is 5.20. The van der Waals surface area contributed by atoms with Crippen molar-refractivity contribution in [2.45, 2.75) is 18.9 Å². The van der Waals surface area contributed by atoms with Crippen molar-refractivity contribution in [3.05, 3.63) is 59.6 Å². The van der Waals surface area contributed by atoms with E-state index in [9.17, 15) is 8.78 Å². The summed E-state index contributed by atoms with van der Waals surface area (Å²) in [6, 6.07) is 7.40. The number of benzene rings is 1. The number of rotatable bonds is 4. The summed E-state index contributed by atoms with van der Waals surface area (Å²) in [5.74, 6) is -0.913. The van der Waals surface area contributed by atoms with Gasteiger partial charge in [0.25, 0.3) is 0 Å². The van der Waals surface area contributed by atoms with Crippen LogP contribution in [0, 0.1) is 11.6 Å². The summed E-state index contributed by atoms with van der Waals surface area (Å²) in [7, 11) is 0. The van der Waals surface area contributed by atoms with Crippen molar-refractivity contribution in [3.8, 4) is 0 Å². The molecule has 0 amide bonds. The Hall–Kier alpha value is -1.68. The molecule has 0 saturated carbocycles. The van der Waals surface area contributed by atoms with Gasteiger partial charge in [0.2, 0.25) is 0 Å². The van der Waals surface area contributed by atoms with Crippen LogP contribution in [0.5, 0.6) is 0 Å². The molecular formula is C13H13F2NO. The van der Waals surface area contributed by atoms with Gasteiger partial charge in [-0.25, -0.2) is 8.78 Å². The molecule has 0 aliphatic heterocycles. The molecule has 0 fully saturated rings. The molecule has 90 valence electrons. The van der Waals surface area contributed by atoms with Crippen molar-refractivity contribution in [1.29, 1.82) is 0 Å². The maximum Gasteiger partial charge on any atom is 0.162 e. The first-order valence-corrected chi connectivity index (χ1v) is 5.37. The maximum absolute atomic E-state index is 13.4. The van der Waals surface area contributed by atoms with E-state index < -0.39 is 11.6 Å². The molecule has 0 radical (unpaired) electrons. The normalized spacial score (nSPS) is 12.6. The third-order valence-electron chi connectivity index (χ3n) is 2.56. The minimum absolute atomic E-state index is 0.282. The van der Waals surface area contributed by atoms with Crippen molar-refractivity contribution < 1.29 is 13.2 Å². The van der Waals surface area contributed by atoms with E-state index in [-0.39, 0.29) is 12.5 Å². The van der Waals surface area contributed by atoms with Crippen LogP contribution in [-0.2, 0) is 12.8 Å². The van der Waals surface area contributed by atoms with Crippen molar-refractivity contribution in [1.82, 2.24) is 0 Å². The van der Waals surface area contributed by atoms with Gasteiger partial charge in [0, 0.05) is 12.5 Å². The number of hydrogen-bond donors (Lipinski definition) is 1. The number of furan rings is 1. The van der Waals surface area contributed by atoms with Gasteiger partial charge in [-0.05, 0) is 30.2 Å². The summed E-state index contributed by atoms with van der Waals surface area (Å²) in [4.78, 5) is 0. The molecule has 1 heterocycles. The Morgan fingerprint density at radius 2 is 1.94 bits per heavy atom. The Balaban J connectivity index is 2.03. The standard InChI is InChI=1S/C13H13F2NO/c14-12-5-1-3-9(13(12)15)7-10(16)8-11-4-2-6-17-11/h1-6,10H,7-8,16H2. The molecule has 1 atom stereocenters. The van der Waals surface area contributed by atoms with E-state index in [1.54, 1.807) is 18.4 Å². The second kappa shape index (κ2) is 5.10. The van der Waals surface area contributed by atoms with Gasteiger partial charge in [-0.2, -0.15) is 0 Å². The number of halogens is 2. The minimum atomic E-state index is -0.840. The van der Waals surface area contributed by atoms with Gasteiger partial charge in [0.15, 0.2) is 11.6 Å². The van der Waals surface area contributed by atoms with Gasteiger partial charge in [-0.15, -0.1) is 0 Å². The lowest BCUT2D eigenvalue weighted by molar-refractivity contribution is 0.470. The van der Waals surface area contributed by atoms with E-state index in [1.807, 2.05) is 6.07 Å². The quantitative estimate of drug-likeness (QED) is 0.887. The average molecular weight is 237 g/mol. The van der Waals surface area contributed by atoms with Gasteiger partial charge in [0.1, 0.15) is 5.76 Å². The Morgan fingerprint density at radius 3 is 2.65 bits per heavy atom. The van der Waals surface area contributed by atoms with Gasteiger partial charge in [0.05, 0.1) is 6.26 Å². The fourth-order valence-electron chi connectivity index (χ4n) is 1.75. The molecule has 1 unspecified atom stereocenters. The first kappa shape index (κ1) is 11.8. The topological polar surface area (TPSA) is 39.2 Å². The van der Waals surface area contributed by atoms with Crippen LogP contribution in [0.4, 0.5) is 8.78 Å². The predicted octanol–water partition coefficient (Wildman–Crippen LogP) is 2.67. The molecule has 2 N–H and O–H groups in total. The van der Waals surface area contributed by atoms with Gasteiger partial charge < -0.3 is 10.2 Å². The van der Waals surface area contributed by atoms with Crippen LogP contribution in [0.2, 0.25) is 0 Å². The van der Waals surface area contributed by atoms with Crippen molar-refractivity contribution >= 4 is 0 Å². The predicted molar refractivity (Wildman–Crippen MR) is 60.4 cm³/mol. The van der Waals surface area contributed by atoms with E-state index >= 15 is 0 Å². The fraction of sp³-hybridized carbons (Fsp3) is 0.231. The lowest BCUT2D eigenvalue weighted by Gasteiger charge is -2.10. The maximum atomic E-state index is 13.4. The van der Waals surface area contributed by atoms with E-state index in [0.717, 1.165) is 11.8 Å². The summed E-state index contributed by atoms with van der Waals surface area (Å²) in [6.07, 6.45) is 2.35. The summed E-state index contributed by atoms with van der Waals surface area (Å²) >= 11 is 0. The second-order valence-corrected chi connectivity index (χ2v) is 3.96. The molecule has 2 nitrogen and oxygen atoms in total. The molecule has 0 saturated heterocycles. The van der Waals surface area contributed by atoms with E-state index in [4.69, 9.17) is 10.2 Å². The first-order valence-electron chi connectivity index (χ1n) is 5.37. The molecule has 2 rings (SSSR count). The Labute approximate surface area is 98.0 Å². The molecule has 0 aliphatic rings. The van der Waals surface area contributed by atoms with Crippen molar-refractivity contribution in [2.75, 3.05) is 0 Å². The lowest BCUT2D eigenvalue weighted by Crippen LogP contribution is -2.25. The minimum Gasteiger partial charge on any atom is -0.469 e. The average Bonchev–Trinajstić information content (AvgIpc) is 2.77. The molecule has 0 bridgehead atoms. The van der Waals surface area contributed by atoms with E-state index in [1.165, 1.54) is 6.07 Å². The van der Waals surface area contributed by atoms with Crippen molar-refractivity contribution in [3.63, 3.8) is 0 Å². The van der Waals surface area contributed by atoms with Gasteiger partial charge >= 0.3 is 0 Å². The van der Waals surface area contributed by atoms with Crippen LogP contribution in [0.3, 0.4) is 0 Å². The zero-order valence-electron chi connectivity index (χ0n) is 9.20. The first-order chi connectivity index (χ1) is 8.16. The SMILES string of the molecule is NC(Cc1ccco1)Cc1cccc(F)c1F. The Kier molecular flexibility index (Phi) is 3.54. The highest BCUT2D eigenvalue weighted by Crippen LogP contribution is 2.14. The highest BCUT2D eigenvalue weighted by atomic mass is 19.2. The zero-order chi connectivity index (χ0) is 12.3. The Bertz CT molecular complexity index is 482. The summed E-state index contributed by atoms with van der Waals surface area (Å²) in [5.41, 5.74) is 6.16. The van der Waals surface area contributed by atoms with Crippen molar-refractivity contribution in [2.24, 2.45) is 5.73 Å². The molecule has 1 aromatic carbocycles. The van der Waals surface area contributed by atoms with Crippen LogP contribution in [0.25, 0.3) is 0 Å². The van der Waals surface area contributed by atoms with Crippen LogP contribution in [-0.4, -0.2) is 6.04 Å². The number of nitrogens with two attached hydrogens (primary N) is 1.